The van der Waals surface area contributed by atoms with Gasteiger partial charge in [-0.25, -0.2) is 9.07 Å². The van der Waals surface area contributed by atoms with E-state index in [-0.39, 0.29) is 17.8 Å². The van der Waals surface area contributed by atoms with Crippen LogP contribution in [-0.4, -0.2) is 39.7 Å². The van der Waals surface area contributed by atoms with Gasteiger partial charge in [0.15, 0.2) is 0 Å². The number of piperidine rings is 1. The van der Waals surface area contributed by atoms with E-state index in [2.05, 4.69) is 5.10 Å². The normalized spacial score (nSPS) is 15.9. The highest BCUT2D eigenvalue weighted by molar-refractivity contribution is 5.95. The molecule has 2 heterocycles. The molecule has 1 amide bonds. The van der Waals surface area contributed by atoms with Crippen molar-refractivity contribution < 1.29 is 9.18 Å². The lowest BCUT2D eigenvalue weighted by molar-refractivity contribution is 0.0713. The van der Waals surface area contributed by atoms with E-state index in [1.807, 2.05) is 11.8 Å². The fourth-order valence-corrected chi connectivity index (χ4v) is 2.97. The summed E-state index contributed by atoms with van der Waals surface area (Å²) >= 11 is 0. The lowest BCUT2D eigenvalue weighted by atomic mass is 10.0. The van der Waals surface area contributed by atoms with Crippen LogP contribution >= 0.6 is 0 Å². The molecule has 0 aliphatic carbocycles. The van der Waals surface area contributed by atoms with E-state index < -0.39 is 0 Å². The Labute approximate surface area is 134 Å². The average molecular weight is 316 g/mol. The molecule has 0 bridgehead atoms. The number of halogens is 1. The molecule has 1 aromatic heterocycles. The Morgan fingerprint density at radius 2 is 1.96 bits per heavy atom. The number of nitrogens with two attached hydrogens (primary N) is 1. The van der Waals surface area contributed by atoms with Crippen LogP contribution in [0, 0.1) is 5.82 Å². The largest absolute Gasteiger partial charge is 0.338 e. The van der Waals surface area contributed by atoms with Gasteiger partial charge in [0.25, 0.3) is 5.91 Å². The van der Waals surface area contributed by atoms with Crippen molar-refractivity contribution in [1.29, 1.82) is 0 Å². The molecule has 1 fully saturated rings. The zero-order valence-corrected chi connectivity index (χ0v) is 13.2. The molecule has 1 aromatic carbocycles. The molecular weight excluding hydrogens is 295 g/mol. The topological polar surface area (TPSA) is 64.2 Å². The molecule has 0 atom stereocenters. The van der Waals surface area contributed by atoms with Gasteiger partial charge in [0, 0.05) is 19.1 Å². The first-order valence-electron chi connectivity index (χ1n) is 7.98. The predicted octanol–water partition coefficient (Wildman–Crippen LogP) is 2.14. The van der Waals surface area contributed by atoms with E-state index >= 15 is 0 Å². The van der Waals surface area contributed by atoms with Gasteiger partial charge < -0.3 is 10.6 Å². The van der Waals surface area contributed by atoms with Crippen LogP contribution in [0.5, 0.6) is 0 Å². The minimum Gasteiger partial charge on any atom is -0.338 e. The van der Waals surface area contributed by atoms with Crippen molar-refractivity contribution in [2.45, 2.75) is 32.2 Å². The van der Waals surface area contributed by atoms with Crippen molar-refractivity contribution in [1.82, 2.24) is 14.7 Å². The fraction of sp³-hybridized carbons (Fsp3) is 0.412. The van der Waals surface area contributed by atoms with Crippen molar-refractivity contribution in [3.63, 3.8) is 0 Å². The maximum Gasteiger partial charge on any atom is 0.257 e. The highest BCUT2D eigenvalue weighted by Crippen LogP contribution is 2.19. The zero-order chi connectivity index (χ0) is 16.4. The smallest absolute Gasteiger partial charge is 0.257 e. The molecule has 3 rings (SSSR count). The molecule has 6 heteroatoms. The van der Waals surface area contributed by atoms with Crippen LogP contribution in [0.15, 0.2) is 30.5 Å². The van der Waals surface area contributed by atoms with Crippen LogP contribution in [0.4, 0.5) is 4.39 Å². The highest BCUT2D eigenvalue weighted by atomic mass is 19.1. The van der Waals surface area contributed by atoms with Crippen LogP contribution in [-0.2, 0) is 6.42 Å². The molecule has 5 nitrogen and oxygen atoms in total. The van der Waals surface area contributed by atoms with Gasteiger partial charge in [0.1, 0.15) is 5.82 Å². The van der Waals surface area contributed by atoms with E-state index in [9.17, 15) is 9.18 Å². The summed E-state index contributed by atoms with van der Waals surface area (Å²) in [5.74, 6) is -0.290. The Bertz CT molecular complexity index is 687. The Morgan fingerprint density at radius 3 is 2.57 bits per heavy atom. The summed E-state index contributed by atoms with van der Waals surface area (Å²) in [5.41, 5.74) is 8.11. The maximum absolute atomic E-state index is 13.1. The Hall–Kier alpha value is -2.21. The third-order valence-electron chi connectivity index (χ3n) is 4.33. The molecule has 122 valence electrons. The quantitative estimate of drug-likeness (QED) is 0.943. The summed E-state index contributed by atoms with van der Waals surface area (Å²) in [6.45, 7) is 3.36. The second-order valence-corrected chi connectivity index (χ2v) is 5.88. The molecular formula is C17H21FN4O. The molecule has 2 N–H and O–H groups in total. The standard InChI is InChI=1S/C17H21FN4O/c1-2-16-15(17(23)21-9-7-13(19)8-10-21)11-20-22(16)14-5-3-12(18)4-6-14/h3-6,11,13H,2,7-10,19H2,1H3. The van der Waals surface area contributed by atoms with Crippen molar-refractivity contribution in [2.24, 2.45) is 5.73 Å². The molecule has 0 radical (unpaired) electrons. The van der Waals surface area contributed by atoms with E-state index in [0.29, 0.717) is 25.1 Å². The maximum atomic E-state index is 13.1. The number of nitrogens with zero attached hydrogens (tertiary/aromatic N) is 3. The van der Waals surface area contributed by atoms with Crippen LogP contribution in [0.2, 0.25) is 0 Å². The van der Waals surface area contributed by atoms with Crippen LogP contribution in [0.1, 0.15) is 35.8 Å². The molecule has 0 spiro atoms. The first-order chi connectivity index (χ1) is 11.1. The number of hydrogen-bond acceptors (Lipinski definition) is 3. The number of amides is 1. The van der Waals surface area contributed by atoms with Crippen molar-refractivity contribution >= 4 is 5.91 Å². The fourth-order valence-electron chi connectivity index (χ4n) is 2.97. The first kappa shape index (κ1) is 15.7. The van der Waals surface area contributed by atoms with E-state index in [1.54, 1.807) is 23.0 Å². The van der Waals surface area contributed by atoms with Crippen molar-refractivity contribution in [3.05, 3.63) is 47.5 Å². The summed E-state index contributed by atoms with van der Waals surface area (Å²) in [5, 5.41) is 4.34. The molecule has 23 heavy (non-hydrogen) atoms. The molecule has 0 saturated carbocycles. The first-order valence-corrected chi connectivity index (χ1v) is 7.98. The van der Waals surface area contributed by atoms with Crippen molar-refractivity contribution in [2.75, 3.05) is 13.1 Å². The summed E-state index contributed by atoms with van der Waals surface area (Å²) in [4.78, 5) is 14.6. The van der Waals surface area contributed by atoms with Crippen LogP contribution in [0.25, 0.3) is 5.69 Å². The van der Waals surface area contributed by atoms with Gasteiger partial charge in [-0.15, -0.1) is 0 Å². The Kier molecular flexibility index (Phi) is 4.43. The number of aromatic nitrogens is 2. The average Bonchev–Trinajstić information content (AvgIpc) is 2.99. The zero-order valence-electron chi connectivity index (χ0n) is 13.2. The number of carbonyl (C=O) groups is 1. The SMILES string of the molecule is CCc1c(C(=O)N2CCC(N)CC2)cnn1-c1ccc(F)cc1. The second kappa shape index (κ2) is 6.50. The molecule has 1 aliphatic rings. The van der Waals surface area contributed by atoms with E-state index in [1.165, 1.54) is 12.1 Å². The summed E-state index contributed by atoms with van der Waals surface area (Å²) in [6, 6.07) is 6.30. The monoisotopic (exact) mass is 316 g/mol. The van der Waals surface area contributed by atoms with Gasteiger partial charge in [0.05, 0.1) is 23.1 Å². The van der Waals surface area contributed by atoms with Crippen LogP contribution < -0.4 is 5.73 Å². The number of hydrogen-bond donors (Lipinski definition) is 1. The van der Waals surface area contributed by atoms with Gasteiger partial charge in [-0.05, 0) is 43.5 Å². The lowest BCUT2D eigenvalue weighted by Crippen LogP contribution is -2.43. The highest BCUT2D eigenvalue weighted by Gasteiger charge is 2.25. The van der Waals surface area contributed by atoms with E-state index in [0.717, 1.165) is 24.2 Å². The number of benzene rings is 1. The minimum atomic E-state index is -0.292. The number of likely N-dealkylation sites (tertiary alicyclic amines) is 1. The molecule has 1 saturated heterocycles. The Morgan fingerprint density at radius 1 is 1.30 bits per heavy atom. The lowest BCUT2D eigenvalue weighted by Gasteiger charge is -2.30. The summed E-state index contributed by atoms with van der Waals surface area (Å²) < 4.78 is 14.8. The van der Waals surface area contributed by atoms with Gasteiger partial charge >= 0.3 is 0 Å². The molecule has 0 unspecified atom stereocenters. The van der Waals surface area contributed by atoms with Gasteiger partial charge in [-0.1, -0.05) is 6.92 Å². The third kappa shape index (κ3) is 3.12. The third-order valence-corrected chi connectivity index (χ3v) is 4.33. The van der Waals surface area contributed by atoms with Crippen molar-refractivity contribution in [3.8, 4) is 5.69 Å². The number of rotatable bonds is 3. The molecule has 1 aliphatic heterocycles. The Balaban J connectivity index is 1.89. The predicted molar refractivity (Wildman–Crippen MR) is 86.0 cm³/mol. The van der Waals surface area contributed by atoms with Gasteiger partial charge in [0.2, 0.25) is 0 Å². The van der Waals surface area contributed by atoms with E-state index in [4.69, 9.17) is 5.73 Å². The minimum absolute atomic E-state index is 0.00196. The summed E-state index contributed by atoms with van der Waals surface area (Å²) in [7, 11) is 0. The number of carbonyl (C=O) groups excluding carboxylic acids is 1. The molecule has 2 aromatic rings. The van der Waals surface area contributed by atoms with Crippen LogP contribution in [0.3, 0.4) is 0 Å². The second-order valence-electron chi connectivity index (χ2n) is 5.88. The van der Waals surface area contributed by atoms with Gasteiger partial charge in [-0.2, -0.15) is 5.10 Å². The van der Waals surface area contributed by atoms with Gasteiger partial charge in [-0.3, -0.25) is 4.79 Å². The summed E-state index contributed by atoms with van der Waals surface area (Å²) in [6.07, 6.45) is 3.95.